The van der Waals surface area contributed by atoms with Crippen LogP contribution >= 0.6 is 15.9 Å². The molecule has 0 unspecified atom stereocenters. The molecule has 6 nitrogen and oxygen atoms in total. The number of hydrogen-bond acceptors (Lipinski definition) is 5. The fourth-order valence-corrected chi connectivity index (χ4v) is 3.33. The van der Waals surface area contributed by atoms with Crippen molar-refractivity contribution in [1.82, 2.24) is 5.32 Å². The molecule has 0 saturated heterocycles. The SMILES string of the molecule is COc1cc(Br)c(CC(=O)O[C@@H](C)C(=O)NC2CCCC2)cc1OC. The normalized spacial score (nSPS) is 15.5. The molecule has 1 fully saturated rings. The molecule has 1 aromatic carbocycles. The average molecular weight is 414 g/mol. The van der Waals surface area contributed by atoms with Gasteiger partial charge in [-0.3, -0.25) is 9.59 Å². The first-order valence-corrected chi connectivity index (χ1v) is 9.14. The Labute approximate surface area is 156 Å². The topological polar surface area (TPSA) is 73.9 Å². The maximum Gasteiger partial charge on any atom is 0.311 e. The lowest BCUT2D eigenvalue weighted by Gasteiger charge is -2.17. The second-order valence-electron chi connectivity index (χ2n) is 6.10. The van der Waals surface area contributed by atoms with E-state index in [1.165, 1.54) is 7.11 Å². The first-order chi connectivity index (χ1) is 11.9. The molecule has 1 N–H and O–H groups in total. The van der Waals surface area contributed by atoms with Gasteiger partial charge in [0.05, 0.1) is 20.6 Å². The van der Waals surface area contributed by atoms with Crippen LogP contribution in [-0.2, 0) is 20.7 Å². The van der Waals surface area contributed by atoms with E-state index < -0.39 is 12.1 Å². The summed E-state index contributed by atoms with van der Waals surface area (Å²) in [7, 11) is 3.08. The van der Waals surface area contributed by atoms with Crippen LogP contribution < -0.4 is 14.8 Å². The van der Waals surface area contributed by atoms with Gasteiger partial charge in [0.25, 0.3) is 5.91 Å². The van der Waals surface area contributed by atoms with Gasteiger partial charge in [-0.25, -0.2) is 0 Å². The van der Waals surface area contributed by atoms with Gasteiger partial charge in [0.1, 0.15) is 0 Å². The molecule has 1 aliphatic rings. The van der Waals surface area contributed by atoms with Crippen LogP contribution in [0.1, 0.15) is 38.2 Å². The van der Waals surface area contributed by atoms with Crippen molar-refractivity contribution >= 4 is 27.8 Å². The van der Waals surface area contributed by atoms with E-state index in [0.29, 0.717) is 21.5 Å². The standard InChI is InChI=1S/C18H24BrNO5/c1-11(18(22)20-13-6-4-5-7-13)25-17(21)9-12-8-15(23-2)16(24-3)10-14(12)19/h8,10-11,13H,4-7,9H2,1-3H3,(H,20,22)/t11-/m0/s1. The zero-order valence-corrected chi connectivity index (χ0v) is 16.4. The van der Waals surface area contributed by atoms with Gasteiger partial charge in [-0.1, -0.05) is 28.8 Å². The van der Waals surface area contributed by atoms with Crippen molar-refractivity contribution in [3.05, 3.63) is 22.2 Å². The zero-order chi connectivity index (χ0) is 18.4. The fraction of sp³-hybridized carbons (Fsp3) is 0.556. The monoisotopic (exact) mass is 413 g/mol. The van der Waals surface area contributed by atoms with Crippen molar-refractivity contribution in [3.63, 3.8) is 0 Å². The molecule has 0 radical (unpaired) electrons. The Balaban J connectivity index is 1.93. The number of nitrogens with one attached hydrogen (secondary N) is 1. The highest BCUT2D eigenvalue weighted by Crippen LogP contribution is 2.33. The maximum absolute atomic E-state index is 12.2. The highest BCUT2D eigenvalue weighted by molar-refractivity contribution is 9.10. The molecular formula is C18H24BrNO5. The molecule has 7 heteroatoms. The van der Waals surface area contributed by atoms with E-state index in [4.69, 9.17) is 14.2 Å². The molecule has 0 spiro atoms. The molecule has 1 aliphatic carbocycles. The minimum absolute atomic E-state index is 0.0297. The number of carbonyl (C=O) groups is 2. The lowest BCUT2D eigenvalue weighted by atomic mass is 10.1. The van der Waals surface area contributed by atoms with Crippen molar-refractivity contribution in [2.45, 2.75) is 51.2 Å². The van der Waals surface area contributed by atoms with Crippen LogP contribution in [0.3, 0.4) is 0 Å². The van der Waals surface area contributed by atoms with E-state index in [0.717, 1.165) is 25.7 Å². The minimum atomic E-state index is -0.813. The highest BCUT2D eigenvalue weighted by Gasteiger charge is 2.23. The molecule has 0 aliphatic heterocycles. The third-order valence-electron chi connectivity index (χ3n) is 4.27. The molecule has 1 saturated carbocycles. The van der Waals surface area contributed by atoms with E-state index in [9.17, 15) is 9.59 Å². The number of rotatable bonds is 7. The Morgan fingerprint density at radius 2 is 1.80 bits per heavy atom. The van der Waals surface area contributed by atoms with Crippen molar-refractivity contribution in [2.75, 3.05) is 14.2 Å². The fourth-order valence-electron chi connectivity index (χ4n) is 2.87. The van der Waals surface area contributed by atoms with Crippen molar-refractivity contribution in [3.8, 4) is 11.5 Å². The average Bonchev–Trinajstić information content (AvgIpc) is 3.09. The Bertz CT molecular complexity index is 628. The molecule has 1 amide bonds. The second-order valence-corrected chi connectivity index (χ2v) is 6.95. The van der Waals surface area contributed by atoms with Gasteiger partial charge < -0.3 is 19.5 Å². The van der Waals surface area contributed by atoms with Gasteiger partial charge in [0, 0.05) is 10.5 Å². The second kappa shape index (κ2) is 9.08. The van der Waals surface area contributed by atoms with Crippen molar-refractivity contribution < 1.29 is 23.8 Å². The van der Waals surface area contributed by atoms with Gasteiger partial charge in [0.15, 0.2) is 17.6 Å². The molecule has 1 aromatic rings. The van der Waals surface area contributed by atoms with Crippen LogP contribution in [0.4, 0.5) is 0 Å². The number of methoxy groups -OCH3 is 2. The van der Waals surface area contributed by atoms with Crippen LogP contribution in [0.15, 0.2) is 16.6 Å². The molecule has 0 aromatic heterocycles. The van der Waals surface area contributed by atoms with Gasteiger partial charge in [-0.05, 0) is 37.5 Å². The smallest absolute Gasteiger partial charge is 0.311 e. The van der Waals surface area contributed by atoms with Gasteiger partial charge >= 0.3 is 5.97 Å². The van der Waals surface area contributed by atoms with Crippen LogP contribution in [0, 0.1) is 0 Å². The van der Waals surface area contributed by atoms with Gasteiger partial charge in [-0.15, -0.1) is 0 Å². The Kier molecular flexibility index (Phi) is 7.11. The van der Waals surface area contributed by atoms with Crippen LogP contribution in [0.25, 0.3) is 0 Å². The quantitative estimate of drug-likeness (QED) is 0.695. The first kappa shape index (κ1) is 19.6. The predicted octanol–water partition coefficient (Wildman–Crippen LogP) is 3.00. The molecule has 1 atom stereocenters. The van der Waals surface area contributed by atoms with Crippen LogP contribution in [-0.4, -0.2) is 38.2 Å². The van der Waals surface area contributed by atoms with Crippen molar-refractivity contribution in [1.29, 1.82) is 0 Å². The number of halogens is 1. The lowest BCUT2D eigenvalue weighted by molar-refractivity contribution is -0.154. The number of esters is 1. The van der Waals surface area contributed by atoms with Gasteiger partial charge in [-0.2, -0.15) is 0 Å². The molecule has 0 heterocycles. The third kappa shape index (κ3) is 5.36. The summed E-state index contributed by atoms with van der Waals surface area (Å²) < 4.78 is 16.4. The Hall–Kier alpha value is -1.76. The summed E-state index contributed by atoms with van der Waals surface area (Å²) in [5.74, 6) is 0.380. The molecule has 138 valence electrons. The van der Waals surface area contributed by atoms with Crippen LogP contribution in [0.5, 0.6) is 11.5 Å². The maximum atomic E-state index is 12.2. The molecule has 2 rings (SSSR count). The Morgan fingerprint density at radius 3 is 2.40 bits per heavy atom. The van der Waals surface area contributed by atoms with E-state index in [1.807, 2.05) is 0 Å². The number of amides is 1. The summed E-state index contributed by atoms with van der Waals surface area (Å²) >= 11 is 3.41. The van der Waals surface area contributed by atoms with E-state index in [1.54, 1.807) is 26.2 Å². The van der Waals surface area contributed by atoms with E-state index in [-0.39, 0.29) is 18.4 Å². The lowest BCUT2D eigenvalue weighted by Crippen LogP contribution is -2.41. The van der Waals surface area contributed by atoms with E-state index >= 15 is 0 Å². The van der Waals surface area contributed by atoms with Crippen LogP contribution in [0.2, 0.25) is 0 Å². The summed E-state index contributed by atoms with van der Waals surface area (Å²) in [5.41, 5.74) is 0.700. The molecule has 0 bridgehead atoms. The Morgan fingerprint density at radius 1 is 1.20 bits per heavy atom. The van der Waals surface area contributed by atoms with E-state index in [2.05, 4.69) is 21.2 Å². The summed E-state index contributed by atoms with van der Waals surface area (Å²) in [4.78, 5) is 24.3. The zero-order valence-electron chi connectivity index (χ0n) is 14.8. The number of hydrogen-bond donors (Lipinski definition) is 1. The molecule has 25 heavy (non-hydrogen) atoms. The highest BCUT2D eigenvalue weighted by atomic mass is 79.9. The summed E-state index contributed by atoms with van der Waals surface area (Å²) in [6.07, 6.45) is 3.46. The first-order valence-electron chi connectivity index (χ1n) is 8.34. The number of ether oxygens (including phenoxy) is 3. The summed E-state index contributed by atoms with van der Waals surface area (Å²) in [6, 6.07) is 3.65. The summed E-state index contributed by atoms with van der Waals surface area (Å²) in [5, 5.41) is 2.93. The largest absolute Gasteiger partial charge is 0.493 e. The predicted molar refractivity (Wildman–Crippen MR) is 96.9 cm³/mol. The number of carbonyl (C=O) groups excluding carboxylic acids is 2. The molecular weight excluding hydrogens is 390 g/mol. The summed E-state index contributed by atoms with van der Waals surface area (Å²) in [6.45, 7) is 1.59. The number of benzene rings is 1. The van der Waals surface area contributed by atoms with Gasteiger partial charge in [0.2, 0.25) is 0 Å². The third-order valence-corrected chi connectivity index (χ3v) is 5.00. The van der Waals surface area contributed by atoms with Crippen molar-refractivity contribution in [2.24, 2.45) is 0 Å². The minimum Gasteiger partial charge on any atom is -0.493 e.